The van der Waals surface area contributed by atoms with Crippen LogP contribution in [0.4, 0.5) is 0 Å². The highest BCUT2D eigenvalue weighted by molar-refractivity contribution is 4.90. The maximum absolute atomic E-state index is 3.28. The molecule has 0 fully saturated rings. The molecule has 0 aliphatic carbocycles. The lowest BCUT2D eigenvalue weighted by atomic mass is 10.6. The smallest absolute Gasteiger partial charge is 0.00000000512 e. The molecule has 0 atom stereocenters. The van der Waals surface area contributed by atoms with Gasteiger partial charge in [0.25, 0.3) is 0 Å². The Morgan fingerprint density at radius 3 is 0.846 bits per heavy atom. The zero-order valence-corrected chi connectivity index (χ0v) is 6.91. The zero-order valence-electron chi connectivity index (χ0n) is 6.91. The van der Waals surface area contributed by atoms with Crippen molar-refractivity contribution in [3.63, 3.8) is 0 Å². The summed E-state index contributed by atoms with van der Waals surface area (Å²) in [7, 11) is 0. The summed E-state index contributed by atoms with van der Waals surface area (Å²) in [6, 6.07) is 0. The molecule has 0 heterocycles. The predicted octanol–water partition coefficient (Wildman–Crippen LogP) is 2.51. The van der Waals surface area contributed by atoms with Gasteiger partial charge < -0.3 is 0 Å². The average molecular weight is 160 g/mol. The summed E-state index contributed by atoms with van der Waals surface area (Å²) in [6.45, 7) is 6.56. The Morgan fingerprint density at radius 1 is 0.385 bits per heavy atom. The van der Waals surface area contributed by atoms with E-state index in [-0.39, 0.29) is 0 Å². The van der Waals surface area contributed by atoms with E-state index in [1.165, 1.54) is 0 Å². The normalized spacial score (nSPS) is 3.69. The summed E-state index contributed by atoms with van der Waals surface area (Å²) in [5.41, 5.74) is 26.9. The zero-order chi connectivity index (χ0) is 9.78. The minimum Gasteiger partial charge on any atom is -0.0687 e. The van der Waals surface area contributed by atoms with Crippen LogP contribution in [-0.4, -0.2) is 0 Å². The summed E-state index contributed by atoms with van der Waals surface area (Å²) in [5, 5.41) is 0. The first-order valence-electron chi connectivity index (χ1n) is 3.21. The first-order valence-corrected chi connectivity index (χ1v) is 3.21. The van der Waals surface area contributed by atoms with Gasteiger partial charge in [-0.2, -0.15) is 0 Å². The van der Waals surface area contributed by atoms with Gasteiger partial charge in [0.2, 0.25) is 0 Å². The van der Waals surface area contributed by atoms with Gasteiger partial charge in [-0.3, -0.25) is 0 Å². The molecule has 0 amide bonds. The molecule has 0 heteroatoms. The molecule has 0 radical (unpaired) electrons. The van der Waals surface area contributed by atoms with E-state index < -0.39 is 0 Å². The van der Waals surface area contributed by atoms with Crippen LogP contribution in [0.3, 0.4) is 0 Å². The summed E-state index contributed by atoms with van der Waals surface area (Å²) < 4.78 is 0. The molecule has 56 valence electrons. The van der Waals surface area contributed by atoms with Crippen LogP contribution >= 0.6 is 0 Å². The van der Waals surface area contributed by atoms with Crippen molar-refractivity contribution >= 4 is 0 Å². The van der Waals surface area contributed by atoms with E-state index in [9.17, 15) is 0 Å². The summed E-state index contributed by atoms with van der Waals surface area (Å²) in [6.07, 6.45) is 0. The molecule has 0 aromatic carbocycles. The molecule has 0 N–H and O–H groups in total. The van der Waals surface area contributed by atoms with Gasteiger partial charge in [-0.25, -0.2) is 0 Å². The topological polar surface area (TPSA) is 0 Å². The van der Waals surface area contributed by atoms with Crippen molar-refractivity contribution in [2.45, 2.75) is 0 Å². The molecule has 13 heavy (non-hydrogen) atoms. The minimum atomic E-state index is 2.37. The third-order valence-electron chi connectivity index (χ3n) is 0.677. The number of hydrogen-bond acceptors (Lipinski definition) is 0. The highest BCUT2D eigenvalue weighted by Crippen LogP contribution is 1.54. The molecular formula is C13H4. The Morgan fingerprint density at radius 2 is 0.615 bits per heavy atom. The second-order valence-electron chi connectivity index (χ2n) is 1.48. The summed E-state index contributed by atoms with van der Waals surface area (Å²) in [4.78, 5) is 0. The standard InChI is InChI=1S/C13H4/c1-3-5-7-9-11-13-12-10-8-6-4-2/h1-2H2. The van der Waals surface area contributed by atoms with E-state index in [0.717, 1.165) is 0 Å². The van der Waals surface area contributed by atoms with Crippen molar-refractivity contribution in [1.82, 2.24) is 0 Å². The Hall–Kier alpha value is -2.68. The Kier molecular flexibility index (Phi) is 7.40. The van der Waals surface area contributed by atoms with Gasteiger partial charge in [0.15, 0.2) is 0 Å². The van der Waals surface area contributed by atoms with Gasteiger partial charge in [0.1, 0.15) is 0 Å². The average Bonchev–Trinajstić information content (AvgIpc) is 2.16. The number of rotatable bonds is 0. The molecule has 0 nitrogen and oxygen atoms in total. The molecule has 0 bridgehead atoms. The van der Waals surface area contributed by atoms with Crippen molar-refractivity contribution in [3.8, 4) is 0 Å². The SMILES string of the molecule is C=C=C=C=C=C=C=C=C=C=C=C=C. The maximum atomic E-state index is 3.28. The van der Waals surface area contributed by atoms with Crippen LogP contribution in [0.5, 0.6) is 0 Å². The second-order valence-corrected chi connectivity index (χ2v) is 1.48. The van der Waals surface area contributed by atoms with Crippen LogP contribution in [0, 0.1) is 0 Å². The number of hydrogen-bond donors (Lipinski definition) is 0. The van der Waals surface area contributed by atoms with Crippen molar-refractivity contribution in [1.29, 1.82) is 0 Å². The molecule has 0 rings (SSSR count). The van der Waals surface area contributed by atoms with E-state index in [0.29, 0.717) is 0 Å². The Balaban J connectivity index is 5.52. The lowest BCUT2D eigenvalue weighted by Crippen LogP contribution is -1.22. The first kappa shape index (κ1) is 10.3. The fourth-order valence-electron chi connectivity index (χ4n) is 0.307. The van der Waals surface area contributed by atoms with Gasteiger partial charge in [-0.1, -0.05) is 11.5 Å². The van der Waals surface area contributed by atoms with Crippen molar-refractivity contribution in [3.05, 3.63) is 76.2 Å². The molecule has 0 aromatic rings. The highest BCUT2D eigenvalue weighted by Gasteiger charge is 1.38. The molecule has 0 aliphatic heterocycles. The van der Waals surface area contributed by atoms with Crippen LogP contribution in [0.2, 0.25) is 0 Å². The van der Waals surface area contributed by atoms with E-state index in [2.05, 4.69) is 76.2 Å². The van der Waals surface area contributed by atoms with E-state index >= 15 is 0 Å². The van der Waals surface area contributed by atoms with E-state index in [1.807, 2.05) is 0 Å². The van der Waals surface area contributed by atoms with Gasteiger partial charge in [0.05, 0.1) is 0 Å². The molecular weight excluding hydrogens is 156 g/mol. The highest BCUT2D eigenvalue weighted by atomic mass is 13.4. The maximum Gasteiger partial charge on any atom is -0.00000000512 e. The van der Waals surface area contributed by atoms with Gasteiger partial charge >= 0.3 is 0 Å². The lowest BCUT2D eigenvalue weighted by Gasteiger charge is -1.38. The second kappa shape index (κ2) is 9.32. The van der Waals surface area contributed by atoms with Gasteiger partial charge in [-0.05, 0) is 64.7 Å². The lowest BCUT2D eigenvalue weighted by molar-refractivity contribution is 2.14. The fraction of sp³-hybridized carbons (Fsp3) is 0. The van der Waals surface area contributed by atoms with E-state index in [4.69, 9.17) is 0 Å². The summed E-state index contributed by atoms with van der Waals surface area (Å²) >= 11 is 0. The van der Waals surface area contributed by atoms with Crippen molar-refractivity contribution in [2.75, 3.05) is 0 Å². The quantitative estimate of drug-likeness (QED) is 0.477. The summed E-state index contributed by atoms with van der Waals surface area (Å²) in [5.74, 6) is 0. The van der Waals surface area contributed by atoms with Gasteiger partial charge in [-0.15, -0.1) is 0 Å². The first-order chi connectivity index (χ1) is 6.41. The van der Waals surface area contributed by atoms with Crippen LogP contribution in [0.25, 0.3) is 0 Å². The third-order valence-corrected chi connectivity index (χ3v) is 0.677. The van der Waals surface area contributed by atoms with Crippen LogP contribution in [-0.2, 0) is 0 Å². The molecule has 0 saturated heterocycles. The molecule has 0 unspecified atom stereocenters. The van der Waals surface area contributed by atoms with E-state index in [1.54, 1.807) is 0 Å². The molecule has 0 spiro atoms. The predicted molar refractivity (Wildman–Crippen MR) is 49.9 cm³/mol. The third kappa shape index (κ3) is 9.32. The Labute approximate surface area is 76.8 Å². The Bertz CT molecular complexity index is 510. The fourth-order valence-corrected chi connectivity index (χ4v) is 0.307. The monoisotopic (exact) mass is 160 g/mol. The van der Waals surface area contributed by atoms with Crippen LogP contribution < -0.4 is 0 Å². The van der Waals surface area contributed by atoms with Crippen molar-refractivity contribution in [2.24, 2.45) is 0 Å². The van der Waals surface area contributed by atoms with Gasteiger partial charge in [0, 0.05) is 0 Å². The molecule has 0 saturated carbocycles. The minimum absolute atomic E-state index is 2.37. The molecule has 0 aromatic heterocycles. The molecule has 0 aliphatic rings. The van der Waals surface area contributed by atoms with Crippen LogP contribution in [0.15, 0.2) is 76.2 Å². The largest absolute Gasteiger partial charge is 0.0687 e. The van der Waals surface area contributed by atoms with Crippen LogP contribution in [0.1, 0.15) is 0 Å². The van der Waals surface area contributed by atoms with Crippen molar-refractivity contribution < 1.29 is 0 Å².